The number of nitrogens with two attached hydrogens (primary N) is 1. The molecule has 1 aliphatic heterocycles. The number of nitrogen functional groups attached to an aromatic ring is 1. The molecule has 1 fully saturated rings. The normalized spacial score (nSPS) is 18.4. The molecule has 0 spiro atoms. The predicted octanol–water partition coefficient (Wildman–Crippen LogP) is 3.30. The van der Waals surface area contributed by atoms with E-state index in [-0.39, 0.29) is 5.84 Å². The zero-order valence-electron chi connectivity index (χ0n) is 12.3. The second-order valence-corrected chi connectivity index (χ2v) is 6.06. The summed E-state index contributed by atoms with van der Waals surface area (Å²) in [6, 6.07) is 6.23. The maximum atomic E-state index is 7.53. The number of benzene rings is 1. The Morgan fingerprint density at radius 2 is 2.00 bits per heavy atom. The van der Waals surface area contributed by atoms with Crippen LogP contribution in [0.15, 0.2) is 18.2 Å². The number of aryl methyl sites for hydroxylation is 1. The van der Waals surface area contributed by atoms with Crippen molar-refractivity contribution in [1.82, 2.24) is 0 Å². The minimum atomic E-state index is 0.154. The van der Waals surface area contributed by atoms with Gasteiger partial charge in [0.1, 0.15) is 5.84 Å². The lowest BCUT2D eigenvalue weighted by atomic mass is 9.78. The Bertz CT molecular complexity index is 471. The summed E-state index contributed by atoms with van der Waals surface area (Å²) in [7, 11) is 0. The SMILES string of the molecule is CCC1(C)CCN(c2ccc(C(=N)N)c(C)c2)CC1. The first-order valence-electron chi connectivity index (χ1n) is 7.15. The highest BCUT2D eigenvalue weighted by Crippen LogP contribution is 2.35. The maximum Gasteiger partial charge on any atom is 0.123 e. The van der Waals surface area contributed by atoms with Crippen LogP contribution in [0, 0.1) is 17.7 Å². The van der Waals surface area contributed by atoms with Gasteiger partial charge in [0.15, 0.2) is 0 Å². The molecule has 0 radical (unpaired) electrons. The van der Waals surface area contributed by atoms with Gasteiger partial charge in [-0.3, -0.25) is 5.41 Å². The number of amidine groups is 1. The Hall–Kier alpha value is -1.51. The van der Waals surface area contributed by atoms with Crippen LogP contribution in [0.25, 0.3) is 0 Å². The molecule has 0 bridgehead atoms. The standard InChI is InChI=1S/C16H25N3/c1-4-16(3)7-9-19(10-8-16)13-5-6-14(15(17)18)12(2)11-13/h5-6,11H,4,7-10H2,1-3H3,(H3,17,18). The molecule has 1 aromatic carbocycles. The van der Waals surface area contributed by atoms with Crippen molar-refractivity contribution in [1.29, 1.82) is 5.41 Å². The summed E-state index contributed by atoms with van der Waals surface area (Å²) in [5.74, 6) is 0.154. The van der Waals surface area contributed by atoms with Crippen LogP contribution >= 0.6 is 0 Å². The second kappa shape index (κ2) is 5.24. The summed E-state index contributed by atoms with van der Waals surface area (Å²) in [4.78, 5) is 2.45. The molecule has 104 valence electrons. The Morgan fingerprint density at radius 3 is 2.47 bits per heavy atom. The van der Waals surface area contributed by atoms with Crippen molar-refractivity contribution in [2.24, 2.45) is 11.1 Å². The fourth-order valence-electron chi connectivity index (χ4n) is 2.81. The van der Waals surface area contributed by atoms with Crippen molar-refractivity contribution in [3.63, 3.8) is 0 Å². The first-order chi connectivity index (χ1) is 8.95. The minimum absolute atomic E-state index is 0.154. The third kappa shape index (κ3) is 2.91. The van der Waals surface area contributed by atoms with Crippen molar-refractivity contribution < 1.29 is 0 Å². The van der Waals surface area contributed by atoms with Crippen LogP contribution < -0.4 is 10.6 Å². The molecule has 1 saturated heterocycles. The van der Waals surface area contributed by atoms with Crippen molar-refractivity contribution in [2.75, 3.05) is 18.0 Å². The molecule has 1 aliphatic rings. The van der Waals surface area contributed by atoms with Gasteiger partial charge in [-0.15, -0.1) is 0 Å². The average molecular weight is 259 g/mol. The molecule has 2 rings (SSSR count). The van der Waals surface area contributed by atoms with E-state index in [4.69, 9.17) is 11.1 Å². The number of hydrogen-bond donors (Lipinski definition) is 2. The average Bonchev–Trinajstić information content (AvgIpc) is 2.39. The Morgan fingerprint density at radius 1 is 1.37 bits per heavy atom. The molecule has 3 heteroatoms. The van der Waals surface area contributed by atoms with Gasteiger partial charge in [-0.2, -0.15) is 0 Å². The van der Waals surface area contributed by atoms with E-state index in [1.165, 1.54) is 24.9 Å². The van der Waals surface area contributed by atoms with Crippen LogP contribution in [0.5, 0.6) is 0 Å². The van der Waals surface area contributed by atoms with Gasteiger partial charge >= 0.3 is 0 Å². The zero-order chi connectivity index (χ0) is 14.0. The first-order valence-corrected chi connectivity index (χ1v) is 7.15. The first kappa shape index (κ1) is 13.9. The monoisotopic (exact) mass is 259 g/mol. The van der Waals surface area contributed by atoms with Gasteiger partial charge in [0.25, 0.3) is 0 Å². The molecule has 0 atom stereocenters. The summed E-state index contributed by atoms with van der Waals surface area (Å²) in [6.07, 6.45) is 3.79. The quantitative estimate of drug-likeness (QED) is 0.646. The van der Waals surface area contributed by atoms with Crippen molar-refractivity contribution in [3.8, 4) is 0 Å². The van der Waals surface area contributed by atoms with E-state index in [1.807, 2.05) is 13.0 Å². The van der Waals surface area contributed by atoms with Gasteiger partial charge < -0.3 is 10.6 Å². The largest absolute Gasteiger partial charge is 0.384 e. The number of piperidine rings is 1. The highest BCUT2D eigenvalue weighted by molar-refractivity contribution is 5.96. The summed E-state index contributed by atoms with van der Waals surface area (Å²) >= 11 is 0. The second-order valence-electron chi connectivity index (χ2n) is 6.06. The van der Waals surface area contributed by atoms with E-state index in [0.29, 0.717) is 5.41 Å². The number of hydrogen-bond acceptors (Lipinski definition) is 2. The molecular formula is C16H25N3. The highest BCUT2D eigenvalue weighted by Gasteiger charge is 2.28. The zero-order valence-corrected chi connectivity index (χ0v) is 12.3. The predicted molar refractivity (Wildman–Crippen MR) is 82.0 cm³/mol. The Balaban J connectivity index is 2.12. The number of rotatable bonds is 3. The molecule has 3 N–H and O–H groups in total. The van der Waals surface area contributed by atoms with Crippen molar-refractivity contribution in [2.45, 2.75) is 40.0 Å². The van der Waals surface area contributed by atoms with Gasteiger partial charge in [-0.1, -0.05) is 20.3 Å². The topological polar surface area (TPSA) is 53.1 Å². The van der Waals surface area contributed by atoms with Crippen LogP contribution in [0.3, 0.4) is 0 Å². The smallest absolute Gasteiger partial charge is 0.123 e. The lowest BCUT2D eigenvalue weighted by Gasteiger charge is -2.40. The molecule has 0 aromatic heterocycles. The highest BCUT2D eigenvalue weighted by atomic mass is 15.1. The number of nitrogens with zero attached hydrogens (tertiary/aromatic N) is 1. The summed E-state index contributed by atoms with van der Waals surface area (Å²) in [5.41, 5.74) is 9.29. The van der Waals surface area contributed by atoms with Crippen LogP contribution in [0.1, 0.15) is 44.2 Å². The Kier molecular flexibility index (Phi) is 3.83. The van der Waals surface area contributed by atoms with E-state index < -0.39 is 0 Å². The van der Waals surface area contributed by atoms with Crippen LogP contribution in [-0.2, 0) is 0 Å². The molecule has 0 aliphatic carbocycles. The number of anilines is 1. The van der Waals surface area contributed by atoms with E-state index >= 15 is 0 Å². The van der Waals surface area contributed by atoms with Gasteiger partial charge in [-0.25, -0.2) is 0 Å². The van der Waals surface area contributed by atoms with Gasteiger partial charge in [0.2, 0.25) is 0 Å². The molecule has 1 heterocycles. The molecule has 1 aromatic rings. The summed E-state index contributed by atoms with van der Waals surface area (Å²) in [6.45, 7) is 8.97. The van der Waals surface area contributed by atoms with E-state index in [0.717, 1.165) is 24.2 Å². The summed E-state index contributed by atoms with van der Waals surface area (Å²) < 4.78 is 0. The third-order valence-corrected chi connectivity index (χ3v) is 4.69. The lowest BCUT2D eigenvalue weighted by Crippen LogP contribution is -2.38. The lowest BCUT2D eigenvalue weighted by molar-refractivity contribution is 0.238. The van der Waals surface area contributed by atoms with Gasteiger partial charge in [-0.05, 0) is 48.9 Å². The molecule has 19 heavy (non-hydrogen) atoms. The van der Waals surface area contributed by atoms with Gasteiger partial charge in [0.05, 0.1) is 0 Å². The third-order valence-electron chi connectivity index (χ3n) is 4.69. The Labute approximate surface area is 116 Å². The summed E-state index contributed by atoms with van der Waals surface area (Å²) in [5, 5.41) is 7.53. The molecule has 3 nitrogen and oxygen atoms in total. The maximum absolute atomic E-state index is 7.53. The molecule has 0 amide bonds. The fraction of sp³-hybridized carbons (Fsp3) is 0.562. The van der Waals surface area contributed by atoms with E-state index in [9.17, 15) is 0 Å². The number of nitrogens with one attached hydrogen (secondary N) is 1. The van der Waals surface area contributed by atoms with E-state index in [1.54, 1.807) is 0 Å². The van der Waals surface area contributed by atoms with Crippen LogP contribution in [-0.4, -0.2) is 18.9 Å². The fourth-order valence-corrected chi connectivity index (χ4v) is 2.81. The van der Waals surface area contributed by atoms with Crippen molar-refractivity contribution >= 4 is 11.5 Å². The van der Waals surface area contributed by atoms with Crippen LogP contribution in [0.4, 0.5) is 5.69 Å². The minimum Gasteiger partial charge on any atom is -0.384 e. The molecule has 0 unspecified atom stereocenters. The molecular weight excluding hydrogens is 234 g/mol. The van der Waals surface area contributed by atoms with Crippen LogP contribution in [0.2, 0.25) is 0 Å². The molecule has 0 saturated carbocycles. The van der Waals surface area contributed by atoms with Crippen molar-refractivity contribution in [3.05, 3.63) is 29.3 Å². The van der Waals surface area contributed by atoms with E-state index in [2.05, 4.69) is 30.9 Å². The van der Waals surface area contributed by atoms with Gasteiger partial charge in [0, 0.05) is 24.3 Å².